The molecule has 0 heterocycles. The summed E-state index contributed by atoms with van der Waals surface area (Å²) in [4.78, 5) is 12.9. The Balaban J connectivity index is 1.63. The third kappa shape index (κ3) is 5.98. The Morgan fingerprint density at radius 3 is 1.89 bits per heavy atom. The van der Waals surface area contributed by atoms with Crippen molar-refractivity contribution in [1.82, 2.24) is 0 Å². The zero-order valence-corrected chi connectivity index (χ0v) is 21.7. The highest BCUT2D eigenvalue weighted by Crippen LogP contribution is 2.49. The van der Waals surface area contributed by atoms with E-state index in [2.05, 4.69) is 36.4 Å². The predicted octanol–water partition coefficient (Wildman–Crippen LogP) is 6.22. The minimum absolute atomic E-state index is 0.117. The quantitative estimate of drug-likeness (QED) is 0.146. The molecule has 0 bridgehead atoms. The number of carbonyl (C=O) groups is 1. The van der Waals surface area contributed by atoms with Crippen LogP contribution in [0.3, 0.4) is 0 Å². The van der Waals surface area contributed by atoms with Crippen molar-refractivity contribution in [2.75, 3.05) is 20.0 Å². The highest BCUT2D eigenvalue weighted by Gasteiger charge is 2.37. The van der Waals surface area contributed by atoms with Gasteiger partial charge in [0.25, 0.3) is 0 Å². The van der Waals surface area contributed by atoms with Crippen LogP contribution in [0.2, 0.25) is 0 Å². The molecular weight excluding hydrogens is 484 g/mol. The molecule has 0 spiro atoms. The number of carbonyl (C=O) groups excluding carboxylic acids is 1. The van der Waals surface area contributed by atoms with Crippen LogP contribution in [0.15, 0.2) is 103 Å². The third-order valence-corrected chi connectivity index (χ3v) is 7.66. The van der Waals surface area contributed by atoms with Crippen molar-refractivity contribution in [3.63, 3.8) is 0 Å². The molecule has 190 valence electrons. The zero-order chi connectivity index (χ0) is 26.1. The Morgan fingerprint density at radius 2 is 1.35 bits per heavy atom. The summed E-state index contributed by atoms with van der Waals surface area (Å²) in [6.45, 7) is -0.117. The molecule has 0 aliphatic heterocycles. The van der Waals surface area contributed by atoms with Gasteiger partial charge in [0.2, 0.25) is 0 Å². The predicted molar refractivity (Wildman–Crippen MR) is 147 cm³/mol. The number of aliphatic hydroxyl groups is 1. The van der Waals surface area contributed by atoms with Gasteiger partial charge in [-0.15, -0.1) is 11.8 Å². The molecule has 0 amide bonds. The lowest BCUT2D eigenvalue weighted by Crippen LogP contribution is -2.26. The van der Waals surface area contributed by atoms with Crippen LogP contribution in [0.5, 0.6) is 17.2 Å². The minimum atomic E-state index is -0.546. The standard InChI is InChI=1S/C31H30O5S/c1-34-27-16-14-26(15-17-27)31(24-9-5-3-6-10-24,25-11-7-4-8-12-25)37-20-19-30(33)36-28-18-13-23(22-32)21-29(28)35-2/h3-18,21,32H,19-20,22H2,1-2H3. The molecule has 0 atom stereocenters. The second kappa shape index (κ2) is 12.5. The number of benzene rings is 4. The molecule has 0 fully saturated rings. The monoisotopic (exact) mass is 514 g/mol. The van der Waals surface area contributed by atoms with Crippen molar-refractivity contribution in [2.45, 2.75) is 17.8 Å². The van der Waals surface area contributed by atoms with E-state index in [0.29, 0.717) is 22.8 Å². The Labute approximate surface area is 222 Å². The van der Waals surface area contributed by atoms with Gasteiger partial charge < -0.3 is 19.3 Å². The Hall–Kier alpha value is -3.74. The number of thioether (sulfide) groups is 1. The van der Waals surface area contributed by atoms with Crippen molar-refractivity contribution in [2.24, 2.45) is 0 Å². The molecule has 1 N–H and O–H groups in total. The maximum Gasteiger partial charge on any atom is 0.312 e. The molecule has 4 rings (SSSR count). The third-order valence-electron chi connectivity index (χ3n) is 6.12. The van der Waals surface area contributed by atoms with E-state index in [9.17, 15) is 9.90 Å². The van der Waals surface area contributed by atoms with Crippen LogP contribution in [-0.2, 0) is 16.1 Å². The summed E-state index contributed by atoms with van der Waals surface area (Å²) in [5, 5.41) is 9.36. The second-order valence-corrected chi connectivity index (χ2v) is 9.67. The Kier molecular flexibility index (Phi) is 8.88. The van der Waals surface area contributed by atoms with E-state index in [-0.39, 0.29) is 19.0 Å². The lowest BCUT2D eigenvalue weighted by Gasteiger charge is -2.35. The maximum absolute atomic E-state index is 12.9. The number of ether oxygens (including phenoxy) is 3. The molecule has 5 nitrogen and oxygen atoms in total. The van der Waals surface area contributed by atoms with Gasteiger partial charge in [0.1, 0.15) is 5.75 Å². The van der Waals surface area contributed by atoms with Crippen molar-refractivity contribution in [3.05, 3.63) is 125 Å². The Morgan fingerprint density at radius 1 is 0.757 bits per heavy atom. The summed E-state index contributed by atoms with van der Waals surface area (Å²) in [6.07, 6.45) is 0.202. The molecule has 0 saturated carbocycles. The lowest BCUT2D eigenvalue weighted by atomic mass is 9.84. The largest absolute Gasteiger partial charge is 0.497 e. The number of hydrogen-bond acceptors (Lipinski definition) is 6. The first-order chi connectivity index (χ1) is 18.1. The SMILES string of the molecule is COc1ccc(C(SCCC(=O)Oc2ccc(CO)cc2OC)(c2ccccc2)c2ccccc2)cc1. The second-order valence-electron chi connectivity index (χ2n) is 8.36. The minimum Gasteiger partial charge on any atom is -0.497 e. The fourth-order valence-electron chi connectivity index (χ4n) is 4.28. The number of esters is 1. The molecule has 0 aliphatic rings. The van der Waals surface area contributed by atoms with Gasteiger partial charge in [0, 0.05) is 5.75 Å². The van der Waals surface area contributed by atoms with E-state index >= 15 is 0 Å². The van der Waals surface area contributed by atoms with E-state index in [1.807, 2.05) is 48.5 Å². The van der Waals surface area contributed by atoms with Gasteiger partial charge in [0.05, 0.1) is 32.0 Å². The number of rotatable bonds is 11. The summed E-state index contributed by atoms with van der Waals surface area (Å²) in [5.41, 5.74) is 4.00. The topological polar surface area (TPSA) is 65.0 Å². The van der Waals surface area contributed by atoms with Crippen LogP contribution < -0.4 is 14.2 Å². The highest BCUT2D eigenvalue weighted by atomic mass is 32.2. The molecular formula is C31H30O5S. The number of aliphatic hydroxyl groups excluding tert-OH is 1. The van der Waals surface area contributed by atoms with Crippen LogP contribution in [0, 0.1) is 0 Å². The van der Waals surface area contributed by atoms with E-state index in [1.54, 1.807) is 37.1 Å². The van der Waals surface area contributed by atoms with Gasteiger partial charge in [-0.05, 0) is 46.5 Å². The average Bonchev–Trinajstić information content (AvgIpc) is 2.96. The molecule has 0 aliphatic carbocycles. The molecule has 0 saturated heterocycles. The van der Waals surface area contributed by atoms with Crippen LogP contribution in [0.25, 0.3) is 0 Å². The summed E-state index contributed by atoms with van der Waals surface area (Å²) < 4.78 is 15.8. The number of methoxy groups -OCH3 is 2. The first kappa shape index (κ1) is 26.3. The van der Waals surface area contributed by atoms with Gasteiger partial charge >= 0.3 is 5.97 Å². The summed E-state index contributed by atoms with van der Waals surface area (Å²) >= 11 is 1.69. The van der Waals surface area contributed by atoms with Crippen LogP contribution in [0.1, 0.15) is 28.7 Å². The van der Waals surface area contributed by atoms with E-state index in [1.165, 1.54) is 7.11 Å². The molecule has 0 unspecified atom stereocenters. The first-order valence-corrected chi connectivity index (χ1v) is 13.0. The zero-order valence-electron chi connectivity index (χ0n) is 20.9. The Bertz CT molecular complexity index is 1250. The van der Waals surface area contributed by atoms with Crippen molar-refractivity contribution in [1.29, 1.82) is 0 Å². The van der Waals surface area contributed by atoms with E-state index < -0.39 is 4.75 Å². The number of hydrogen-bond donors (Lipinski definition) is 1. The molecule has 6 heteroatoms. The summed E-state index contributed by atoms with van der Waals surface area (Å²) in [7, 11) is 3.16. The highest BCUT2D eigenvalue weighted by molar-refractivity contribution is 8.00. The van der Waals surface area contributed by atoms with Gasteiger partial charge in [-0.25, -0.2) is 0 Å². The summed E-state index contributed by atoms with van der Waals surface area (Å²) in [5.74, 6) is 1.70. The van der Waals surface area contributed by atoms with Crippen LogP contribution in [0.4, 0.5) is 0 Å². The van der Waals surface area contributed by atoms with E-state index in [4.69, 9.17) is 14.2 Å². The van der Waals surface area contributed by atoms with Crippen LogP contribution >= 0.6 is 11.8 Å². The molecule has 4 aromatic carbocycles. The van der Waals surface area contributed by atoms with Gasteiger partial charge in [-0.2, -0.15) is 0 Å². The van der Waals surface area contributed by atoms with Gasteiger partial charge in [0.15, 0.2) is 11.5 Å². The maximum atomic E-state index is 12.9. The normalized spacial score (nSPS) is 11.1. The van der Waals surface area contributed by atoms with Gasteiger partial charge in [-0.1, -0.05) is 78.9 Å². The van der Waals surface area contributed by atoms with Crippen molar-refractivity contribution < 1.29 is 24.1 Å². The van der Waals surface area contributed by atoms with Crippen molar-refractivity contribution in [3.8, 4) is 17.2 Å². The molecule has 37 heavy (non-hydrogen) atoms. The van der Waals surface area contributed by atoms with E-state index in [0.717, 1.165) is 22.4 Å². The smallest absolute Gasteiger partial charge is 0.312 e. The average molecular weight is 515 g/mol. The molecule has 0 radical (unpaired) electrons. The van der Waals surface area contributed by atoms with Gasteiger partial charge in [-0.3, -0.25) is 4.79 Å². The summed E-state index contributed by atoms with van der Waals surface area (Å²) in [6, 6.07) is 33.7. The fraction of sp³-hybridized carbons (Fsp3) is 0.194. The van der Waals surface area contributed by atoms with Crippen molar-refractivity contribution >= 4 is 17.7 Å². The lowest BCUT2D eigenvalue weighted by molar-refractivity contribution is -0.134. The first-order valence-electron chi connectivity index (χ1n) is 12.0. The fourth-order valence-corrected chi connectivity index (χ4v) is 5.76. The van der Waals surface area contributed by atoms with Crippen LogP contribution in [-0.4, -0.2) is 31.0 Å². The molecule has 0 aromatic heterocycles. The molecule has 4 aromatic rings.